The van der Waals surface area contributed by atoms with Crippen LogP contribution in [0.2, 0.25) is 0 Å². The van der Waals surface area contributed by atoms with Gasteiger partial charge in [-0.05, 0) is 19.3 Å². The first-order chi connectivity index (χ1) is 8.84. The molecule has 0 bridgehead atoms. The summed E-state index contributed by atoms with van der Waals surface area (Å²) >= 11 is 0. The molecule has 0 aromatic heterocycles. The van der Waals surface area contributed by atoms with E-state index in [-0.39, 0.29) is 5.57 Å². The molecule has 0 radical (unpaired) electrons. The monoisotopic (exact) mass is 278 g/mol. The fourth-order valence-electron chi connectivity index (χ4n) is 2.43. The largest absolute Gasteiger partial charge is 0.459 e. The molecule has 1 aliphatic carbocycles. The summed E-state index contributed by atoms with van der Waals surface area (Å²) in [4.78, 5) is 11.4. The number of carbonyl (C=O) groups is 1. The van der Waals surface area contributed by atoms with Crippen LogP contribution in [0.5, 0.6) is 0 Å². The lowest BCUT2D eigenvalue weighted by Gasteiger charge is -2.24. The number of hydrogen-bond donors (Lipinski definition) is 0. The molecule has 0 amide bonds. The van der Waals surface area contributed by atoms with Crippen LogP contribution >= 0.6 is 0 Å². The van der Waals surface area contributed by atoms with Gasteiger partial charge in [-0.2, -0.15) is 0 Å². The third kappa shape index (κ3) is 5.66. The van der Waals surface area contributed by atoms with E-state index in [1.165, 1.54) is 6.92 Å². The molecule has 0 aromatic rings. The number of rotatable bonds is 7. The van der Waals surface area contributed by atoms with Crippen LogP contribution in [0.3, 0.4) is 0 Å². The normalized spacial score (nSPS) is 18.3. The van der Waals surface area contributed by atoms with E-state index in [0.29, 0.717) is 12.3 Å². The lowest BCUT2D eigenvalue weighted by Crippen LogP contribution is -2.31. The van der Waals surface area contributed by atoms with Gasteiger partial charge < -0.3 is 4.74 Å². The summed E-state index contributed by atoms with van der Waals surface area (Å²) in [6.07, 6.45) is 2.77. The molecule has 1 aliphatic rings. The first kappa shape index (κ1) is 16.1. The predicted octanol–water partition coefficient (Wildman–Crippen LogP) is 4.05. The Hall–Kier alpha value is -1.00. The van der Waals surface area contributed by atoms with Gasteiger partial charge in [0, 0.05) is 5.57 Å². The van der Waals surface area contributed by atoms with E-state index in [1.807, 2.05) is 0 Å². The van der Waals surface area contributed by atoms with E-state index in [1.54, 1.807) is 0 Å². The second-order valence-electron chi connectivity index (χ2n) is 5.39. The van der Waals surface area contributed by atoms with Gasteiger partial charge in [0.05, 0.1) is 6.42 Å². The topological polar surface area (TPSA) is 26.3 Å². The van der Waals surface area contributed by atoms with Gasteiger partial charge in [0.15, 0.2) is 6.67 Å². The second kappa shape index (κ2) is 6.96. The van der Waals surface area contributed by atoms with Crippen molar-refractivity contribution in [1.82, 2.24) is 0 Å². The summed E-state index contributed by atoms with van der Waals surface area (Å²) in [7, 11) is 0. The van der Waals surface area contributed by atoms with Crippen LogP contribution in [-0.4, -0.2) is 24.7 Å². The zero-order valence-electron chi connectivity index (χ0n) is 11.3. The van der Waals surface area contributed by atoms with Gasteiger partial charge in [0.25, 0.3) is 5.92 Å². The van der Waals surface area contributed by atoms with Crippen LogP contribution in [0.25, 0.3) is 0 Å². The van der Waals surface area contributed by atoms with Crippen molar-refractivity contribution < 1.29 is 22.7 Å². The van der Waals surface area contributed by atoms with Gasteiger partial charge in [-0.3, -0.25) is 0 Å². The molecule has 1 rings (SSSR count). The quantitative estimate of drug-likeness (QED) is 0.519. The molecule has 2 nitrogen and oxygen atoms in total. The summed E-state index contributed by atoms with van der Waals surface area (Å²) < 4.78 is 43.5. The number of halogens is 3. The van der Waals surface area contributed by atoms with Gasteiger partial charge in [-0.15, -0.1) is 0 Å². The Bertz CT molecular complexity index is 323. The fourth-order valence-corrected chi connectivity index (χ4v) is 2.43. The zero-order valence-corrected chi connectivity index (χ0v) is 11.3. The summed E-state index contributed by atoms with van der Waals surface area (Å²) in [6, 6.07) is 0. The maximum Gasteiger partial charge on any atom is 0.333 e. The highest BCUT2D eigenvalue weighted by atomic mass is 19.3. The molecular formula is C14H21F3O2. The summed E-state index contributed by atoms with van der Waals surface area (Å²) in [5.41, 5.74) is 0.167. The molecule has 19 heavy (non-hydrogen) atoms. The van der Waals surface area contributed by atoms with Crippen LogP contribution < -0.4 is 0 Å². The molecule has 0 spiro atoms. The first-order valence-electron chi connectivity index (χ1n) is 6.64. The second-order valence-corrected chi connectivity index (χ2v) is 5.39. The molecule has 5 heteroatoms. The zero-order chi connectivity index (χ0) is 14.5. The third-order valence-corrected chi connectivity index (χ3v) is 3.41. The van der Waals surface area contributed by atoms with Crippen molar-refractivity contribution in [2.75, 3.05) is 6.67 Å². The third-order valence-electron chi connectivity index (χ3n) is 3.41. The van der Waals surface area contributed by atoms with Crippen LogP contribution in [0.15, 0.2) is 12.2 Å². The van der Waals surface area contributed by atoms with Crippen molar-refractivity contribution in [3.8, 4) is 0 Å². The molecule has 1 saturated carbocycles. The molecule has 0 aromatic carbocycles. The molecular weight excluding hydrogens is 257 g/mol. The SMILES string of the molecule is C=C(C)C(=O)OC(CC1CCCC1)CC(F)(F)CF. The van der Waals surface area contributed by atoms with Crippen LogP contribution in [0, 0.1) is 5.92 Å². The molecule has 0 heterocycles. The highest BCUT2D eigenvalue weighted by molar-refractivity contribution is 5.87. The van der Waals surface area contributed by atoms with Gasteiger partial charge in [0.1, 0.15) is 6.10 Å². The molecule has 110 valence electrons. The number of alkyl halides is 3. The van der Waals surface area contributed by atoms with Gasteiger partial charge in [0.2, 0.25) is 0 Å². The predicted molar refractivity (Wildman–Crippen MR) is 66.8 cm³/mol. The van der Waals surface area contributed by atoms with E-state index in [9.17, 15) is 18.0 Å². The van der Waals surface area contributed by atoms with Crippen LogP contribution in [0.4, 0.5) is 13.2 Å². The van der Waals surface area contributed by atoms with Crippen molar-refractivity contribution in [3.05, 3.63) is 12.2 Å². The lowest BCUT2D eigenvalue weighted by molar-refractivity contribution is -0.150. The van der Waals surface area contributed by atoms with E-state index in [4.69, 9.17) is 4.74 Å². The van der Waals surface area contributed by atoms with Crippen molar-refractivity contribution >= 4 is 5.97 Å². The molecule has 1 atom stereocenters. The standard InChI is InChI=1S/C14H21F3O2/c1-10(2)13(18)19-12(8-14(16,17)9-15)7-11-5-3-4-6-11/h11-12H,1,3-9H2,2H3. The average molecular weight is 278 g/mol. The minimum atomic E-state index is -3.43. The van der Waals surface area contributed by atoms with Crippen molar-refractivity contribution in [2.24, 2.45) is 5.92 Å². The fraction of sp³-hybridized carbons (Fsp3) is 0.786. The van der Waals surface area contributed by atoms with Crippen molar-refractivity contribution in [1.29, 1.82) is 0 Å². The number of esters is 1. The van der Waals surface area contributed by atoms with Crippen molar-refractivity contribution in [3.63, 3.8) is 0 Å². The van der Waals surface area contributed by atoms with E-state index in [2.05, 4.69) is 6.58 Å². The first-order valence-corrected chi connectivity index (χ1v) is 6.64. The van der Waals surface area contributed by atoms with E-state index < -0.39 is 31.1 Å². The maximum atomic E-state index is 13.1. The summed E-state index contributed by atoms with van der Waals surface area (Å²) in [5, 5.41) is 0. The number of ether oxygens (including phenoxy) is 1. The average Bonchev–Trinajstić information content (AvgIpc) is 2.81. The minimum absolute atomic E-state index is 0.167. The lowest BCUT2D eigenvalue weighted by atomic mass is 9.96. The summed E-state index contributed by atoms with van der Waals surface area (Å²) in [6.45, 7) is 3.16. The van der Waals surface area contributed by atoms with E-state index in [0.717, 1.165) is 25.7 Å². The molecule has 0 saturated heterocycles. The molecule has 0 aliphatic heterocycles. The Labute approximate surface area is 112 Å². The number of hydrogen-bond acceptors (Lipinski definition) is 2. The van der Waals surface area contributed by atoms with Gasteiger partial charge in [-0.1, -0.05) is 32.3 Å². The minimum Gasteiger partial charge on any atom is -0.459 e. The Kier molecular flexibility index (Phi) is 5.88. The highest BCUT2D eigenvalue weighted by Crippen LogP contribution is 2.33. The highest BCUT2D eigenvalue weighted by Gasteiger charge is 2.36. The molecule has 1 fully saturated rings. The smallest absolute Gasteiger partial charge is 0.333 e. The maximum absolute atomic E-state index is 13.1. The summed E-state index contributed by atoms with van der Waals surface area (Å²) in [5.74, 6) is -3.82. The Morgan fingerprint density at radius 1 is 1.42 bits per heavy atom. The Balaban J connectivity index is 2.60. The van der Waals surface area contributed by atoms with Crippen LogP contribution in [0.1, 0.15) is 45.4 Å². The van der Waals surface area contributed by atoms with Crippen LogP contribution in [-0.2, 0) is 9.53 Å². The molecule has 0 N–H and O–H groups in total. The number of carbonyl (C=O) groups excluding carboxylic acids is 1. The van der Waals surface area contributed by atoms with E-state index >= 15 is 0 Å². The molecule has 1 unspecified atom stereocenters. The Morgan fingerprint density at radius 3 is 2.47 bits per heavy atom. The van der Waals surface area contributed by atoms with Gasteiger partial charge in [-0.25, -0.2) is 18.0 Å². The Morgan fingerprint density at radius 2 is 2.00 bits per heavy atom. The van der Waals surface area contributed by atoms with Crippen molar-refractivity contribution in [2.45, 2.75) is 57.5 Å². The van der Waals surface area contributed by atoms with Gasteiger partial charge >= 0.3 is 5.97 Å².